The van der Waals surface area contributed by atoms with E-state index >= 15 is 0 Å². The number of nitrogens with two attached hydrogens (primary N) is 1. The van der Waals surface area contributed by atoms with Crippen molar-refractivity contribution in [2.45, 2.75) is 0 Å². The summed E-state index contributed by atoms with van der Waals surface area (Å²) in [5.41, 5.74) is 7.52. The maximum Gasteiger partial charge on any atom is 0.0479 e. The molecule has 2 nitrogen and oxygen atoms in total. The van der Waals surface area contributed by atoms with Gasteiger partial charge >= 0.3 is 0 Å². The van der Waals surface area contributed by atoms with Gasteiger partial charge < -0.3 is 10.7 Å². The molecular formula is C8H7BrN2. The highest BCUT2D eigenvalue weighted by molar-refractivity contribution is 9.10. The van der Waals surface area contributed by atoms with Gasteiger partial charge in [0.25, 0.3) is 0 Å². The monoisotopic (exact) mass is 210 g/mol. The second kappa shape index (κ2) is 2.27. The van der Waals surface area contributed by atoms with Crippen LogP contribution in [0.1, 0.15) is 0 Å². The summed E-state index contributed by atoms with van der Waals surface area (Å²) in [4.78, 5) is 3.09. The number of nitrogen functional groups attached to an aromatic ring is 1. The molecule has 0 unspecified atom stereocenters. The van der Waals surface area contributed by atoms with Crippen LogP contribution in [-0.4, -0.2) is 4.98 Å². The third kappa shape index (κ3) is 1.01. The van der Waals surface area contributed by atoms with Crippen LogP contribution < -0.4 is 5.73 Å². The fourth-order valence-corrected chi connectivity index (χ4v) is 1.45. The van der Waals surface area contributed by atoms with E-state index in [2.05, 4.69) is 20.9 Å². The van der Waals surface area contributed by atoms with Crippen LogP contribution in [0.2, 0.25) is 0 Å². The number of aromatic nitrogens is 1. The van der Waals surface area contributed by atoms with Gasteiger partial charge in [0.05, 0.1) is 0 Å². The van der Waals surface area contributed by atoms with Crippen molar-refractivity contribution in [1.29, 1.82) is 0 Å². The first-order chi connectivity index (χ1) is 5.27. The summed E-state index contributed by atoms with van der Waals surface area (Å²) < 4.78 is 0.949. The number of benzene rings is 1. The molecule has 0 aliphatic carbocycles. The molecule has 1 aromatic carbocycles. The first kappa shape index (κ1) is 6.73. The molecule has 0 fully saturated rings. The maximum absolute atomic E-state index is 5.68. The van der Waals surface area contributed by atoms with Crippen molar-refractivity contribution in [2.75, 3.05) is 5.73 Å². The molecule has 0 saturated carbocycles. The normalized spacial score (nSPS) is 10.6. The molecule has 0 radical (unpaired) electrons. The van der Waals surface area contributed by atoms with E-state index in [1.54, 1.807) is 0 Å². The van der Waals surface area contributed by atoms with E-state index < -0.39 is 0 Å². The van der Waals surface area contributed by atoms with Gasteiger partial charge in [-0.25, -0.2) is 0 Å². The van der Waals surface area contributed by atoms with Crippen LogP contribution in [0.5, 0.6) is 0 Å². The van der Waals surface area contributed by atoms with Gasteiger partial charge in [-0.1, -0.05) is 0 Å². The first-order valence-electron chi connectivity index (χ1n) is 3.29. The number of rotatable bonds is 0. The average Bonchev–Trinajstić information content (AvgIpc) is 2.36. The highest BCUT2D eigenvalue weighted by Crippen LogP contribution is 2.24. The van der Waals surface area contributed by atoms with Gasteiger partial charge in [-0.2, -0.15) is 0 Å². The minimum Gasteiger partial charge on any atom is -0.398 e. The number of fused-ring (bicyclic) bond motifs is 1. The van der Waals surface area contributed by atoms with Gasteiger partial charge in [-0.05, 0) is 34.1 Å². The Hall–Kier alpha value is -0.960. The van der Waals surface area contributed by atoms with Crippen molar-refractivity contribution in [3.8, 4) is 0 Å². The Labute approximate surface area is 72.5 Å². The predicted molar refractivity (Wildman–Crippen MR) is 50.4 cm³/mol. The molecule has 11 heavy (non-hydrogen) atoms. The zero-order valence-corrected chi connectivity index (χ0v) is 7.35. The third-order valence-electron chi connectivity index (χ3n) is 1.67. The van der Waals surface area contributed by atoms with E-state index in [9.17, 15) is 0 Å². The van der Waals surface area contributed by atoms with Crippen molar-refractivity contribution in [1.82, 2.24) is 4.98 Å². The third-order valence-corrected chi connectivity index (χ3v) is 2.36. The Bertz CT molecular complexity index is 356. The molecule has 0 aliphatic rings. The fourth-order valence-electron chi connectivity index (χ4n) is 1.09. The van der Waals surface area contributed by atoms with E-state index in [0.29, 0.717) is 0 Å². The Morgan fingerprint density at radius 2 is 2.18 bits per heavy atom. The lowest BCUT2D eigenvalue weighted by Crippen LogP contribution is -1.85. The summed E-state index contributed by atoms with van der Waals surface area (Å²) in [5, 5.41) is 1.17. The van der Waals surface area contributed by atoms with Gasteiger partial charge in [0.1, 0.15) is 0 Å². The Morgan fingerprint density at radius 3 is 3.00 bits per heavy atom. The second-order valence-electron chi connectivity index (χ2n) is 2.44. The summed E-state index contributed by atoms with van der Waals surface area (Å²) >= 11 is 3.36. The van der Waals surface area contributed by atoms with Crippen molar-refractivity contribution in [3.63, 3.8) is 0 Å². The number of hydrogen-bond donors (Lipinski definition) is 2. The Kier molecular flexibility index (Phi) is 1.39. The van der Waals surface area contributed by atoms with Crippen LogP contribution in [0.15, 0.2) is 28.9 Å². The summed E-state index contributed by atoms with van der Waals surface area (Å²) in [6, 6.07) is 5.93. The molecule has 0 bridgehead atoms. The van der Waals surface area contributed by atoms with Gasteiger partial charge in [0.2, 0.25) is 0 Å². The Morgan fingerprint density at radius 1 is 1.36 bits per heavy atom. The average molecular weight is 211 g/mol. The molecular weight excluding hydrogens is 204 g/mol. The molecule has 3 N–H and O–H groups in total. The predicted octanol–water partition coefficient (Wildman–Crippen LogP) is 2.51. The fraction of sp³-hybridized carbons (Fsp3) is 0. The Balaban J connectivity index is 2.86. The molecule has 1 aromatic heterocycles. The zero-order valence-electron chi connectivity index (χ0n) is 5.76. The summed E-state index contributed by atoms with van der Waals surface area (Å²) in [7, 11) is 0. The lowest BCUT2D eigenvalue weighted by molar-refractivity contribution is 1.48. The number of aromatic amines is 1. The van der Waals surface area contributed by atoms with E-state index in [1.807, 2.05) is 24.4 Å². The second-order valence-corrected chi connectivity index (χ2v) is 3.29. The first-order valence-corrected chi connectivity index (χ1v) is 4.09. The van der Waals surface area contributed by atoms with E-state index in [0.717, 1.165) is 15.7 Å². The lowest BCUT2D eigenvalue weighted by Gasteiger charge is -1.96. The van der Waals surface area contributed by atoms with Gasteiger partial charge in [-0.3, -0.25) is 0 Å². The van der Waals surface area contributed by atoms with Crippen molar-refractivity contribution < 1.29 is 0 Å². The number of hydrogen-bond acceptors (Lipinski definition) is 1. The maximum atomic E-state index is 5.68. The highest BCUT2D eigenvalue weighted by Gasteiger charge is 1.98. The summed E-state index contributed by atoms with van der Waals surface area (Å²) in [6.45, 7) is 0. The standard InChI is InChI=1S/C8H7BrN2/c9-6-3-5-1-2-11-8(5)4-7(6)10/h1-4,11H,10H2. The minimum absolute atomic E-state index is 0.764. The molecule has 3 heteroatoms. The van der Waals surface area contributed by atoms with Crippen LogP contribution in [0.4, 0.5) is 5.69 Å². The van der Waals surface area contributed by atoms with Crippen molar-refractivity contribution in [3.05, 3.63) is 28.9 Å². The molecule has 0 amide bonds. The van der Waals surface area contributed by atoms with E-state index in [4.69, 9.17) is 5.73 Å². The largest absolute Gasteiger partial charge is 0.398 e. The quantitative estimate of drug-likeness (QED) is 0.646. The molecule has 0 atom stereocenters. The molecule has 1 heterocycles. The number of nitrogens with one attached hydrogen (secondary N) is 1. The van der Waals surface area contributed by atoms with E-state index in [1.165, 1.54) is 5.39 Å². The lowest BCUT2D eigenvalue weighted by atomic mass is 10.2. The SMILES string of the molecule is Nc1cc2[nH]ccc2cc1Br. The number of H-pyrrole nitrogens is 1. The summed E-state index contributed by atoms with van der Waals surface area (Å²) in [5.74, 6) is 0. The molecule has 0 spiro atoms. The van der Waals surface area contributed by atoms with Crippen molar-refractivity contribution >= 4 is 32.5 Å². The van der Waals surface area contributed by atoms with E-state index in [-0.39, 0.29) is 0 Å². The van der Waals surface area contributed by atoms with Gasteiger partial charge in [0.15, 0.2) is 0 Å². The van der Waals surface area contributed by atoms with Crippen LogP contribution in [-0.2, 0) is 0 Å². The van der Waals surface area contributed by atoms with Gasteiger partial charge in [0, 0.05) is 27.3 Å². The summed E-state index contributed by atoms with van der Waals surface area (Å²) in [6.07, 6.45) is 1.90. The molecule has 0 aliphatic heterocycles. The zero-order chi connectivity index (χ0) is 7.84. The molecule has 2 rings (SSSR count). The molecule has 56 valence electrons. The number of anilines is 1. The van der Waals surface area contributed by atoms with Crippen LogP contribution in [0.25, 0.3) is 10.9 Å². The topological polar surface area (TPSA) is 41.8 Å². The van der Waals surface area contributed by atoms with Crippen molar-refractivity contribution in [2.24, 2.45) is 0 Å². The van der Waals surface area contributed by atoms with Gasteiger partial charge in [-0.15, -0.1) is 0 Å². The molecule has 2 aromatic rings. The van der Waals surface area contributed by atoms with Crippen LogP contribution in [0, 0.1) is 0 Å². The van der Waals surface area contributed by atoms with Crippen LogP contribution >= 0.6 is 15.9 Å². The minimum atomic E-state index is 0.764. The number of halogens is 1. The molecule has 0 saturated heterocycles. The van der Waals surface area contributed by atoms with Crippen LogP contribution in [0.3, 0.4) is 0 Å². The highest BCUT2D eigenvalue weighted by atomic mass is 79.9. The smallest absolute Gasteiger partial charge is 0.0479 e.